The van der Waals surface area contributed by atoms with Crippen molar-refractivity contribution in [2.24, 2.45) is 46.8 Å². The number of aliphatic hydroxyl groups is 1. The first kappa shape index (κ1) is 6.23. The van der Waals surface area contributed by atoms with Gasteiger partial charge in [-0.25, -0.2) is 0 Å². The van der Waals surface area contributed by atoms with E-state index in [0.29, 0.717) is 11.3 Å². The van der Waals surface area contributed by atoms with Crippen LogP contribution < -0.4 is 0 Å². The molecule has 0 spiro atoms. The minimum absolute atomic E-state index is 0.0572. The van der Waals surface area contributed by atoms with E-state index in [4.69, 9.17) is 0 Å². The smallest absolute Gasteiger partial charge is 0.0577 e. The van der Waals surface area contributed by atoms with Gasteiger partial charge in [-0.1, -0.05) is 6.08 Å². The van der Waals surface area contributed by atoms with Crippen molar-refractivity contribution >= 4 is 0 Å². The summed E-state index contributed by atoms with van der Waals surface area (Å²) in [5, 5.41) is 9.98. The van der Waals surface area contributed by atoms with Crippen molar-refractivity contribution in [2.45, 2.75) is 12.5 Å². The van der Waals surface area contributed by atoms with Crippen molar-refractivity contribution in [1.82, 2.24) is 0 Å². The third-order valence-corrected chi connectivity index (χ3v) is 6.27. The molecule has 0 unspecified atom stereocenters. The van der Waals surface area contributed by atoms with Crippen molar-refractivity contribution in [2.75, 3.05) is 0 Å². The van der Waals surface area contributed by atoms with Crippen molar-refractivity contribution in [3.8, 4) is 0 Å². The molecular weight excluding hydrogens is 160 g/mol. The monoisotopic (exact) mass is 174 g/mol. The fourth-order valence-corrected chi connectivity index (χ4v) is 6.34. The highest BCUT2D eigenvalue weighted by atomic mass is 16.3. The van der Waals surface area contributed by atoms with Crippen LogP contribution >= 0.6 is 0 Å². The Balaban J connectivity index is 1.80. The van der Waals surface area contributed by atoms with Crippen LogP contribution in [-0.4, -0.2) is 11.2 Å². The average molecular weight is 174 g/mol. The molecule has 2 bridgehead atoms. The van der Waals surface area contributed by atoms with Crippen molar-refractivity contribution in [3.63, 3.8) is 0 Å². The summed E-state index contributed by atoms with van der Waals surface area (Å²) in [6, 6.07) is 0. The molecule has 9 atom stereocenters. The highest BCUT2D eigenvalue weighted by Gasteiger charge is 2.95. The normalized spacial score (nSPS) is 84.1. The summed E-state index contributed by atoms with van der Waals surface area (Å²) >= 11 is 0. The Morgan fingerprint density at radius 1 is 1.15 bits per heavy atom. The molecular formula is C12H14O. The van der Waals surface area contributed by atoms with Crippen molar-refractivity contribution in [1.29, 1.82) is 0 Å². The second-order valence-electron chi connectivity index (χ2n) is 5.98. The van der Waals surface area contributed by atoms with E-state index in [0.717, 1.165) is 41.9 Å². The summed E-state index contributed by atoms with van der Waals surface area (Å²) < 4.78 is 0. The van der Waals surface area contributed by atoms with Crippen LogP contribution in [0, 0.1) is 46.8 Å². The third-order valence-electron chi connectivity index (χ3n) is 6.27. The van der Waals surface area contributed by atoms with Gasteiger partial charge < -0.3 is 5.11 Å². The Bertz CT molecular complexity index is 345. The third kappa shape index (κ3) is 0.342. The Kier molecular flexibility index (Phi) is 0.639. The average Bonchev–Trinajstić information content (AvgIpc) is 2.94. The second kappa shape index (κ2) is 1.33. The zero-order chi connectivity index (χ0) is 8.53. The van der Waals surface area contributed by atoms with Gasteiger partial charge in [-0.05, 0) is 53.3 Å². The molecule has 0 aliphatic heterocycles. The van der Waals surface area contributed by atoms with Gasteiger partial charge in [0, 0.05) is 0 Å². The number of allylic oxidation sites excluding steroid dienone is 1. The van der Waals surface area contributed by atoms with E-state index in [9.17, 15) is 5.11 Å². The molecule has 1 nitrogen and oxygen atoms in total. The maximum atomic E-state index is 9.98. The van der Waals surface area contributed by atoms with Crippen LogP contribution in [0.1, 0.15) is 6.42 Å². The minimum atomic E-state index is 0.0572. The van der Waals surface area contributed by atoms with Gasteiger partial charge in [0.2, 0.25) is 0 Å². The lowest BCUT2D eigenvalue weighted by molar-refractivity contribution is -0.0127. The van der Waals surface area contributed by atoms with Crippen LogP contribution in [0.4, 0.5) is 0 Å². The first-order valence-corrected chi connectivity index (χ1v) is 5.64. The summed E-state index contributed by atoms with van der Waals surface area (Å²) in [6.45, 7) is 4.05. The Hall–Kier alpha value is -0.300. The van der Waals surface area contributed by atoms with E-state index >= 15 is 0 Å². The molecule has 1 N–H and O–H groups in total. The standard InChI is InChI=1S/C12H14O/c1-2-12-9-4-3-5(13)7(11(9)12)8-6(4)10(8)12/h2,4-11,13H,1,3H2/t4-,5-,6+,7+,8+,9-,10-,11+,12+/m0/s1. The quantitative estimate of drug-likeness (QED) is 0.594. The summed E-state index contributed by atoms with van der Waals surface area (Å²) in [4.78, 5) is 0. The molecule has 6 aliphatic carbocycles. The van der Waals surface area contributed by atoms with Gasteiger partial charge in [0.15, 0.2) is 0 Å². The highest BCUT2D eigenvalue weighted by molar-refractivity contribution is 5.45. The van der Waals surface area contributed by atoms with Gasteiger partial charge in [-0.3, -0.25) is 0 Å². The molecule has 0 radical (unpaired) electrons. The van der Waals surface area contributed by atoms with Crippen LogP contribution in [0.25, 0.3) is 0 Å². The van der Waals surface area contributed by atoms with Crippen LogP contribution in [0.15, 0.2) is 12.7 Å². The van der Waals surface area contributed by atoms with Gasteiger partial charge in [0.1, 0.15) is 0 Å². The Morgan fingerprint density at radius 2 is 2.00 bits per heavy atom. The topological polar surface area (TPSA) is 20.2 Å². The molecule has 0 heterocycles. The number of hydrogen-bond acceptors (Lipinski definition) is 1. The molecule has 0 saturated heterocycles. The lowest BCUT2D eigenvalue weighted by Gasteiger charge is -2.38. The van der Waals surface area contributed by atoms with Gasteiger partial charge >= 0.3 is 0 Å². The largest absolute Gasteiger partial charge is 0.393 e. The number of fused-ring (bicyclic) bond motifs is 1. The molecule has 6 rings (SSSR count). The number of hydrogen-bond donors (Lipinski definition) is 1. The molecule has 68 valence electrons. The molecule has 1 heteroatoms. The van der Waals surface area contributed by atoms with E-state index in [1.54, 1.807) is 0 Å². The molecule has 6 fully saturated rings. The molecule has 0 aromatic heterocycles. The van der Waals surface area contributed by atoms with E-state index < -0.39 is 0 Å². The van der Waals surface area contributed by atoms with Crippen LogP contribution in [0.2, 0.25) is 0 Å². The first-order valence-electron chi connectivity index (χ1n) is 5.64. The fraction of sp³-hybridized carbons (Fsp3) is 0.833. The van der Waals surface area contributed by atoms with Crippen LogP contribution in [0.3, 0.4) is 0 Å². The van der Waals surface area contributed by atoms with Gasteiger partial charge in [-0.2, -0.15) is 0 Å². The molecule has 0 aromatic rings. The first-order chi connectivity index (χ1) is 6.32. The van der Waals surface area contributed by atoms with E-state index in [-0.39, 0.29) is 6.10 Å². The zero-order valence-electron chi connectivity index (χ0n) is 7.56. The zero-order valence-corrected chi connectivity index (χ0v) is 7.56. The molecule has 0 aromatic carbocycles. The maximum absolute atomic E-state index is 9.98. The van der Waals surface area contributed by atoms with Crippen LogP contribution in [-0.2, 0) is 0 Å². The highest BCUT2D eigenvalue weighted by Crippen LogP contribution is 2.97. The lowest BCUT2D eigenvalue weighted by Crippen LogP contribution is -2.39. The minimum Gasteiger partial charge on any atom is -0.393 e. The predicted octanol–water partition coefficient (Wildman–Crippen LogP) is 1.29. The predicted molar refractivity (Wildman–Crippen MR) is 47.7 cm³/mol. The number of rotatable bonds is 1. The van der Waals surface area contributed by atoms with E-state index in [1.165, 1.54) is 0 Å². The van der Waals surface area contributed by atoms with E-state index in [2.05, 4.69) is 12.7 Å². The van der Waals surface area contributed by atoms with Crippen LogP contribution in [0.5, 0.6) is 0 Å². The molecule has 13 heavy (non-hydrogen) atoms. The summed E-state index contributed by atoms with van der Waals surface area (Å²) in [5.74, 6) is 6.38. The Labute approximate surface area is 77.8 Å². The number of aliphatic hydroxyl groups excluding tert-OH is 1. The maximum Gasteiger partial charge on any atom is 0.0577 e. The van der Waals surface area contributed by atoms with E-state index in [1.807, 2.05) is 0 Å². The van der Waals surface area contributed by atoms with Crippen molar-refractivity contribution in [3.05, 3.63) is 12.7 Å². The Morgan fingerprint density at radius 3 is 2.54 bits per heavy atom. The summed E-state index contributed by atoms with van der Waals surface area (Å²) in [5.41, 5.74) is 0.558. The summed E-state index contributed by atoms with van der Waals surface area (Å²) in [6.07, 6.45) is 3.44. The van der Waals surface area contributed by atoms with Gasteiger partial charge in [0.25, 0.3) is 0 Å². The van der Waals surface area contributed by atoms with Gasteiger partial charge in [-0.15, -0.1) is 6.58 Å². The fourth-order valence-electron chi connectivity index (χ4n) is 6.34. The molecule has 6 saturated carbocycles. The van der Waals surface area contributed by atoms with Crippen molar-refractivity contribution < 1.29 is 5.11 Å². The SMILES string of the molecule is C=C[C@@]12[C@@H]3[C@@H]4[C@H]3[C@@H]3C[C@H](O)[C@H]4[C@@H]1[C@H]32. The second-order valence-corrected chi connectivity index (χ2v) is 5.98. The lowest BCUT2D eigenvalue weighted by atomic mass is 9.69. The summed E-state index contributed by atoms with van der Waals surface area (Å²) in [7, 11) is 0. The van der Waals surface area contributed by atoms with Gasteiger partial charge in [0.05, 0.1) is 6.10 Å². The molecule has 0 amide bonds. The molecule has 6 aliphatic rings.